The number of anilines is 1. The Hall–Kier alpha value is -5.44. The summed E-state index contributed by atoms with van der Waals surface area (Å²) in [5.74, 6) is -0.219. The van der Waals surface area contributed by atoms with Gasteiger partial charge in [0, 0.05) is 16.1 Å². The van der Waals surface area contributed by atoms with Crippen molar-refractivity contribution in [3.63, 3.8) is 0 Å². The number of benzene rings is 5. The van der Waals surface area contributed by atoms with Gasteiger partial charge in [-0.2, -0.15) is 0 Å². The highest BCUT2D eigenvalue weighted by molar-refractivity contribution is 6.31. The van der Waals surface area contributed by atoms with Crippen LogP contribution in [0.25, 0.3) is 11.1 Å². The zero-order chi connectivity index (χ0) is 32.0. The highest BCUT2D eigenvalue weighted by Gasteiger charge is 2.22. The summed E-state index contributed by atoms with van der Waals surface area (Å²) in [5, 5.41) is 11.8. The van der Waals surface area contributed by atoms with Crippen molar-refractivity contribution in [2.45, 2.75) is 19.6 Å². The molecule has 2 N–H and O–H groups in total. The fraction of sp³-hybridized carbons (Fsp3) is 0.108. The van der Waals surface area contributed by atoms with Gasteiger partial charge in [0.05, 0.1) is 5.69 Å². The zero-order valence-electron chi connectivity index (χ0n) is 24.5. The molecule has 0 bridgehead atoms. The highest BCUT2D eigenvalue weighted by Crippen LogP contribution is 2.38. The van der Waals surface area contributed by atoms with E-state index in [1.54, 1.807) is 60.7 Å². The van der Waals surface area contributed by atoms with E-state index in [0.29, 0.717) is 22.1 Å². The van der Waals surface area contributed by atoms with Crippen LogP contribution in [0.4, 0.5) is 10.5 Å². The van der Waals surface area contributed by atoms with Gasteiger partial charge in [-0.05, 0) is 94.4 Å². The van der Waals surface area contributed by atoms with Crippen molar-refractivity contribution < 1.29 is 33.7 Å². The number of carbonyl (C=O) groups is 3. The van der Waals surface area contributed by atoms with Crippen LogP contribution in [0.2, 0.25) is 5.02 Å². The van der Waals surface area contributed by atoms with Crippen molar-refractivity contribution in [1.82, 2.24) is 0 Å². The second-order valence-electron chi connectivity index (χ2n) is 10.6. The summed E-state index contributed by atoms with van der Waals surface area (Å²) in [6, 6.07) is 32.2. The first kappa shape index (κ1) is 30.6. The van der Waals surface area contributed by atoms with E-state index in [4.69, 9.17) is 30.9 Å². The molecule has 1 aliphatic carbocycles. The van der Waals surface area contributed by atoms with Crippen LogP contribution in [-0.4, -0.2) is 29.6 Å². The number of esters is 1. The normalized spacial score (nSPS) is 11.3. The number of halogens is 1. The maximum Gasteiger partial charge on any atom is 0.411 e. The van der Waals surface area contributed by atoms with Crippen LogP contribution in [0.15, 0.2) is 109 Å². The number of fused-ring (bicyclic) bond motifs is 3. The number of ketones is 1. The van der Waals surface area contributed by atoms with E-state index < -0.39 is 18.7 Å². The zero-order valence-corrected chi connectivity index (χ0v) is 25.3. The third kappa shape index (κ3) is 6.94. The molecule has 9 heteroatoms. The van der Waals surface area contributed by atoms with Crippen molar-refractivity contribution in [3.8, 4) is 22.6 Å². The van der Waals surface area contributed by atoms with Gasteiger partial charge in [0.1, 0.15) is 31.3 Å². The van der Waals surface area contributed by atoms with Gasteiger partial charge >= 0.3 is 12.1 Å². The van der Waals surface area contributed by atoms with Crippen LogP contribution < -0.4 is 14.8 Å². The molecule has 1 aliphatic rings. The van der Waals surface area contributed by atoms with Crippen LogP contribution in [0.1, 0.15) is 38.2 Å². The topological polar surface area (TPSA) is 111 Å². The van der Waals surface area contributed by atoms with Gasteiger partial charge in [-0.3, -0.25) is 10.1 Å². The smallest absolute Gasteiger partial charge is 0.411 e. The van der Waals surface area contributed by atoms with Gasteiger partial charge in [0.15, 0.2) is 5.78 Å². The average molecular weight is 634 g/mol. The van der Waals surface area contributed by atoms with Gasteiger partial charge in [-0.25, -0.2) is 9.59 Å². The molecule has 230 valence electrons. The fourth-order valence-corrected chi connectivity index (χ4v) is 5.48. The van der Waals surface area contributed by atoms with Crippen LogP contribution >= 0.6 is 11.6 Å². The predicted octanol–water partition coefficient (Wildman–Crippen LogP) is 7.37. The Morgan fingerprint density at radius 2 is 1.52 bits per heavy atom. The summed E-state index contributed by atoms with van der Waals surface area (Å²) >= 11 is 6.23. The van der Waals surface area contributed by atoms with E-state index in [1.165, 1.54) is 17.2 Å². The first-order valence-electron chi connectivity index (χ1n) is 14.5. The van der Waals surface area contributed by atoms with Crippen LogP contribution in [-0.2, 0) is 29.2 Å². The summed E-state index contributed by atoms with van der Waals surface area (Å²) < 4.78 is 16.4. The van der Waals surface area contributed by atoms with Crippen LogP contribution in [0, 0.1) is 0 Å². The quantitative estimate of drug-likeness (QED) is 0.0920. The lowest BCUT2D eigenvalue weighted by Gasteiger charge is -2.13. The fourth-order valence-electron chi connectivity index (χ4n) is 5.30. The first-order valence-corrected chi connectivity index (χ1v) is 14.9. The van der Waals surface area contributed by atoms with Crippen molar-refractivity contribution in [2.75, 3.05) is 11.9 Å². The third-order valence-corrected chi connectivity index (χ3v) is 7.81. The van der Waals surface area contributed by atoms with E-state index in [2.05, 4.69) is 23.5 Å². The lowest BCUT2D eigenvalue weighted by molar-refractivity contribution is -0.137. The number of aliphatic hydroxyl groups is 1. The molecule has 8 nitrogen and oxygen atoms in total. The number of hydrogen-bond acceptors (Lipinski definition) is 7. The molecule has 6 rings (SSSR count). The van der Waals surface area contributed by atoms with Crippen molar-refractivity contribution in [3.05, 3.63) is 148 Å². The maximum absolute atomic E-state index is 13.5. The van der Waals surface area contributed by atoms with Gasteiger partial charge in [-0.15, -0.1) is 0 Å². The predicted molar refractivity (Wildman–Crippen MR) is 173 cm³/mol. The van der Waals surface area contributed by atoms with Gasteiger partial charge in [0.2, 0.25) is 0 Å². The second kappa shape index (κ2) is 13.7. The van der Waals surface area contributed by atoms with E-state index in [-0.39, 0.29) is 30.2 Å². The minimum absolute atomic E-state index is 0.0860. The Kier molecular flexibility index (Phi) is 9.10. The third-order valence-electron chi connectivity index (χ3n) is 7.58. The Labute approximate surface area is 270 Å². The molecule has 0 aromatic heterocycles. The molecule has 0 atom stereocenters. The SMILES string of the molecule is O=C(CO)Oc1ccc(COc2ccc(C(=O)c3cc(Cl)ccc3NC(=O)OCc3cccc4c3Cc3ccccc3-4)cc2)cc1. The van der Waals surface area contributed by atoms with Crippen molar-refractivity contribution >= 4 is 35.1 Å². The molecule has 5 aromatic rings. The molecule has 0 saturated carbocycles. The molecular weight excluding hydrogens is 606 g/mol. The minimum Gasteiger partial charge on any atom is -0.489 e. The molecule has 0 saturated heterocycles. The molecule has 5 aromatic carbocycles. The van der Waals surface area contributed by atoms with E-state index in [9.17, 15) is 14.4 Å². The molecule has 46 heavy (non-hydrogen) atoms. The molecular formula is C37H28ClNO7. The largest absolute Gasteiger partial charge is 0.489 e. The van der Waals surface area contributed by atoms with E-state index in [0.717, 1.165) is 28.7 Å². The summed E-state index contributed by atoms with van der Waals surface area (Å²) in [4.78, 5) is 37.6. The van der Waals surface area contributed by atoms with Gasteiger partial charge < -0.3 is 19.3 Å². The Bertz CT molecular complexity index is 1920. The van der Waals surface area contributed by atoms with Crippen LogP contribution in [0.3, 0.4) is 0 Å². The number of aliphatic hydroxyl groups excluding tert-OH is 1. The number of hydrogen-bond donors (Lipinski definition) is 2. The summed E-state index contributed by atoms with van der Waals surface area (Å²) in [6.07, 6.45) is 0.0947. The van der Waals surface area contributed by atoms with Crippen molar-refractivity contribution in [1.29, 1.82) is 0 Å². The highest BCUT2D eigenvalue weighted by atomic mass is 35.5. The van der Waals surface area contributed by atoms with Gasteiger partial charge in [-0.1, -0.05) is 66.2 Å². The number of ether oxygens (including phenoxy) is 3. The monoisotopic (exact) mass is 633 g/mol. The minimum atomic E-state index is -0.739. The maximum atomic E-state index is 13.5. The first-order chi connectivity index (χ1) is 22.4. The molecule has 0 aliphatic heterocycles. The summed E-state index contributed by atoms with van der Waals surface area (Å²) in [6.45, 7) is -0.370. The standard InChI is InChI=1S/C37H28ClNO7/c38-27-12-17-34(39-37(43)45-22-26-5-3-7-31-30-6-2-1-4-25(30)18-32(26)31)33(19-27)36(42)24-10-15-28(16-11-24)44-21-23-8-13-29(14-9-23)46-35(41)20-40/h1-17,19,40H,18,20-22H2,(H,39,43). The molecule has 0 spiro atoms. The van der Waals surface area contributed by atoms with Gasteiger partial charge in [0.25, 0.3) is 0 Å². The molecule has 0 heterocycles. The van der Waals surface area contributed by atoms with Crippen molar-refractivity contribution in [2.24, 2.45) is 0 Å². The van der Waals surface area contributed by atoms with E-state index >= 15 is 0 Å². The summed E-state index contributed by atoms with van der Waals surface area (Å²) in [7, 11) is 0. The number of nitrogens with one attached hydrogen (secondary N) is 1. The summed E-state index contributed by atoms with van der Waals surface area (Å²) in [5.41, 5.74) is 7.36. The Balaban J connectivity index is 1.08. The lowest BCUT2D eigenvalue weighted by Crippen LogP contribution is -2.17. The van der Waals surface area contributed by atoms with Crippen LogP contribution in [0.5, 0.6) is 11.5 Å². The average Bonchev–Trinajstić information content (AvgIpc) is 3.47. The number of rotatable bonds is 10. The molecule has 0 fully saturated rings. The molecule has 0 radical (unpaired) electrons. The number of amides is 1. The number of carbonyl (C=O) groups excluding carboxylic acids is 3. The van der Waals surface area contributed by atoms with E-state index in [1.807, 2.05) is 24.3 Å². The Morgan fingerprint density at radius 3 is 2.30 bits per heavy atom. The molecule has 0 unspecified atom stereocenters. The lowest BCUT2D eigenvalue weighted by atomic mass is 10.0. The molecule has 1 amide bonds. The second-order valence-corrected chi connectivity index (χ2v) is 11.0. The Morgan fingerprint density at radius 1 is 0.783 bits per heavy atom.